The van der Waals surface area contributed by atoms with Gasteiger partial charge in [-0.15, -0.1) is 0 Å². The number of likely N-dealkylation sites (tertiary alicyclic amines) is 1. The predicted molar refractivity (Wildman–Crippen MR) is 98.9 cm³/mol. The summed E-state index contributed by atoms with van der Waals surface area (Å²) < 4.78 is 19.3. The molecule has 3 fully saturated rings. The molecule has 142 valence electrons. The molecule has 0 N–H and O–H groups in total. The zero-order chi connectivity index (χ0) is 18.3. The van der Waals surface area contributed by atoms with E-state index in [1.54, 1.807) is 12.1 Å². The number of halogens is 1. The monoisotopic (exact) mass is 361 g/mol. The average molecular weight is 361 g/mol. The summed E-state index contributed by atoms with van der Waals surface area (Å²) >= 11 is 0. The Morgan fingerprint density at radius 3 is 2.69 bits per heavy atom. The highest BCUT2D eigenvalue weighted by Gasteiger charge is 2.42. The smallest absolute Gasteiger partial charge is 0.225 e. The lowest BCUT2D eigenvalue weighted by molar-refractivity contribution is -0.131. The van der Waals surface area contributed by atoms with Crippen LogP contribution in [0.1, 0.15) is 24.8 Å². The van der Waals surface area contributed by atoms with Crippen molar-refractivity contribution >= 4 is 11.6 Å². The summed E-state index contributed by atoms with van der Waals surface area (Å²) in [6.07, 6.45) is 2.82. The quantitative estimate of drug-likeness (QED) is 0.808. The number of nitrogens with zero attached hydrogens (tertiary/aromatic N) is 3. The number of benzene rings is 1. The van der Waals surface area contributed by atoms with Gasteiger partial charge in [0.05, 0.1) is 25.2 Å². The number of likely N-dealkylation sites (N-methyl/N-ethyl adjacent to an activating group) is 1. The molecule has 0 unspecified atom stereocenters. The molecule has 0 saturated carbocycles. The first kappa shape index (κ1) is 17.7. The third-order valence-electron chi connectivity index (χ3n) is 6.28. The first-order valence-electron chi connectivity index (χ1n) is 9.65. The number of anilines is 1. The number of hydrogen-bond donors (Lipinski definition) is 0. The standard InChI is InChI=1S/C20H28FN3O2/c1-14-11-15(21)3-4-17(14)23-8-5-16(6-9-23)24-12-18-19(13-24)26-10-7-20(25)22(18)2/h3-4,11,16,18-19H,5-10,12-13H2,1-2H3/t18-,19-/m0/s1. The Labute approximate surface area is 154 Å². The van der Waals surface area contributed by atoms with Gasteiger partial charge in [-0.1, -0.05) is 0 Å². The van der Waals surface area contributed by atoms with Crippen molar-refractivity contribution < 1.29 is 13.9 Å². The predicted octanol–water partition coefficient (Wildman–Crippen LogP) is 2.03. The van der Waals surface area contributed by atoms with E-state index in [1.165, 1.54) is 0 Å². The summed E-state index contributed by atoms with van der Waals surface area (Å²) in [4.78, 5) is 18.9. The maximum Gasteiger partial charge on any atom is 0.225 e. The maximum absolute atomic E-state index is 13.3. The van der Waals surface area contributed by atoms with Crippen LogP contribution in [-0.2, 0) is 9.53 Å². The van der Waals surface area contributed by atoms with E-state index in [0.29, 0.717) is 19.1 Å². The van der Waals surface area contributed by atoms with Gasteiger partial charge < -0.3 is 14.5 Å². The van der Waals surface area contributed by atoms with Crippen LogP contribution in [0.2, 0.25) is 0 Å². The van der Waals surface area contributed by atoms with Gasteiger partial charge in [0.25, 0.3) is 0 Å². The molecule has 1 aromatic rings. The molecule has 3 aliphatic rings. The second kappa shape index (κ2) is 7.16. The Balaban J connectivity index is 1.37. The van der Waals surface area contributed by atoms with Crippen LogP contribution in [0.25, 0.3) is 0 Å². The molecule has 0 aliphatic carbocycles. The Morgan fingerprint density at radius 2 is 1.96 bits per heavy atom. The lowest BCUT2D eigenvalue weighted by Gasteiger charge is -2.38. The lowest BCUT2D eigenvalue weighted by Crippen LogP contribution is -2.46. The Bertz CT molecular complexity index is 675. The number of hydrogen-bond acceptors (Lipinski definition) is 4. The molecule has 0 radical (unpaired) electrons. The molecule has 3 heterocycles. The van der Waals surface area contributed by atoms with Gasteiger partial charge in [0.1, 0.15) is 5.82 Å². The van der Waals surface area contributed by atoms with Crippen molar-refractivity contribution in [2.45, 2.75) is 44.4 Å². The molecule has 0 bridgehead atoms. The Morgan fingerprint density at radius 1 is 1.19 bits per heavy atom. The van der Waals surface area contributed by atoms with Gasteiger partial charge in [0.15, 0.2) is 0 Å². The van der Waals surface area contributed by atoms with Crippen molar-refractivity contribution in [2.24, 2.45) is 0 Å². The fraction of sp³-hybridized carbons (Fsp3) is 0.650. The molecule has 3 aliphatic heterocycles. The van der Waals surface area contributed by atoms with E-state index in [-0.39, 0.29) is 23.9 Å². The van der Waals surface area contributed by atoms with E-state index in [0.717, 1.165) is 50.3 Å². The van der Waals surface area contributed by atoms with Gasteiger partial charge in [-0.05, 0) is 43.5 Å². The fourth-order valence-corrected chi connectivity index (χ4v) is 4.72. The summed E-state index contributed by atoms with van der Waals surface area (Å²) in [6.45, 7) is 6.32. The van der Waals surface area contributed by atoms with Crippen LogP contribution in [0.15, 0.2) is 18.2 Å². The Kier molecular flexibility index (Phi) is 4.88. The van der Waals surface area contributed by atoms with Crippen molar-refractivity contribution in [3.63, 3.8) is 0 Å². The minimum absolute atomic E-state index is 0.142. The van der Waals surface area contributed by atoms with Crippen molar-refractivity contribution in [3.05, 3.63) is 29.6 Å². The average Bonchev–Trinajstić information content (AvgIpc) is 3.00. The number of piperidine rings is 1. The van der Waals surface area contributed by atoms with Gasteiger partial charge in [-0.3, -0.25) is 9.69 Å². The molecule has 1 aromatic carbocycles. The molecule has 5 nitrogen and oxygen atoms in total. The topological polar surface area (TPSA) is 36.0 Å². The molecule has 26 heavy (non-hydrogen) atoms. The third kappa shape index (κ3) is 3.32. The lowest BCUT2D eigenvalue weighted by atomic mass is 10.0. The molecule has 2 atom stereocenters. The van der Waals surface area contributed by atoms with Gasteiger partial charge in [0.2, 0.25) is 5.91 Å². The third-order valence-corrected chi connectivity index (χ3v) is 6.28. The van der Waals surface area contributed by atoms with Crippen LogP contribution in [-0.4, -0.2) is 73.7 Å². The number of carbonyl (C=O) groups is 1. The molecular formula is C20H28FN3O2. The minimum Gasteiger partial charge on any atom is -0.374 e. The first-order chi connectivity index (χ1) is 12.5. The molecule has 0 aromatic heterocycles. The number of fused-ring (bicyclic) bond motifs is 1. The number of aryl methyl sites for hydroxylation is 1. The first-order valence-corrected chi connectivity index (χ1v) is 9.65. The molecule has 6 heteroatoms. The molecule has 3 saturated heterocycles. The number of amides is 1. The second-order valence-corrected chi connectivity index (χ2v) is 7.83. The highest BCUT2D eigenvalue weighted by atomic mass is 19.1. The fourth-order valence-electron chi connectivity index (χ4n) is 4.72. The van der Waals surface area contributed by atoms with Crippen LogP contribution in [0.5, 0.6) is 0 Å². The molecule has 0 spiro atoms. The largest absolute Gasteiger partial charge is 0.374 e. The number of carbonyl (C=O) groups excluding carboxylic acids is 1. The number of rotatable bonds is 2. The maximum atomic E-state index is 13.3. The normalized spacial score (nSPS) is 28.3. The van der Waals surface area contributed by atoms with E-state index >= 15 is 0 Å². The highest BCUT2D eigenvalue weighted by Crippen LogP contribution is 2.30. The number of ether oxygens (including phenoxy) is 1. The van der Waals surface area contributed by atoms with Crippen LogP contribution in [0, 0.1) is 12.7 Å². The zero-order valence-corrected chi connectivity index (χ0v) is 15.7. The summed E-state index contributed by atoms with van der Waals surface area (Å²) in [5, 5.41) is 0. The van der Waals surface area contributed by atoms with E-state index in [4.69, 9.17) is 4.74 Å². The summed E-state index contributed by atoms with van der Waals surface area (Å²) in [5.74, 6) is 0.0244. The van der Waals surface area contributed by atoms with Gasteiger partial charge >= 0.3 is 0 Å². The second-order valence-electron chi connectivity index (χ2n) is 7.83. The van der Waals surface area contributed by atoms with Gasteiger partial charge in [-0.2, -0.15) is 0 Å². The van der Waals surface area contributed by atoms with Crippen molar-refractivity contribution in [1.82, 2.24) is 9.80 Å². The van der Waals surface area contributed by atoms with Crippen molar-refractivity contribution in [1.29, 1.82) is 0 Å². The summed E-state index contributed by atoms with van der Waals surface area (Å²) in [5.41, 5.74) is 2.14. The molecular weight excluding hydrogens is 333 g/mol. The summed E-state index contributed by atoms with van der Waals surface area (Å²) in [6, 6.07) is 5.77. The van der Waals surface area contributed by atoms with E-state index < -0.39 is 0 Å². The van der Waals surface area contributed by atoms with Gasteiger partial charge in [0, 0.05) is 45.0 Å². The molecule has 4 rings (SSSR count). The van der Waals surface area contributed by atoms with Crippen LogP contribution in [0.3, 0.4) is 0 Å². The van der Waals surface area contributed by atoms with Gasteiger partial charge in [-0.25, -0.2) is 4.39 Å². The Hall–Kier alpha value is -1.66. The van der Waals surface area contributed by atoms with E-state index in [2.05, 4.69) is 9.80 Å². The highest BCUT2D eigenvalue weighted by molar-refractivity contribution is 5.76. The van der Waals surface area contributed by atoms with E-state index in [9.17, 15) is 9.18 Å². The van der Waals surface area contributed by atoms with Crippen LogP contribution in [0.4, 0.5) is 10.1 Å². The zero-order valence-electron chi connectivity index (χ0n) is 15.7. The van der Waals surface area contributed by atoms with Crippen LogP contribution < -0.4 is 4.90 Å². The molecule has 1 amide bonds. The van der Waals surface area contributed by atoms with Crippen molar-refractivity contribution in [3.8, 4) is 0 Å². The van der Waals surface area contributed by atoms with Crippen LogP contribution >= 0.6 is 0 Å². The minimum atomic E-state index is -0.171. The van der Waals surface area contributed by atoms with Crippen molar-refractivity contribution in [2.75, 3.05) is 44.7 Å². The summed E-state index contributed by atoms with van der Waals surface area (Å²) in [7, 11) is 1.91. The SMILES string of the molecule is Cc1cc(F)ccc1N1CCC(N2C[C@@H]3OCCC(=O)N(C)[C@H]3C2)CC1. The van der Waals surface area contributed by atoms with E-state index in [1.807, 2.05) is 24.9 Å².